The van der Waals surface area contributed by atoms with Crippen LogP contribution in [0.15, 0.2) is 44.4 Å². The van der Waals surface area contributed by atoms with Crippen molar-refractivity contribution in [3.63, 3.8) is 0 Å². The third-order valence-electron chi connectivity index (χ3n) is 2.65. The topological polar surface area (TPSA) is 86.0 Å². The number of H-pyrrole nitrogens is 2. The maximum Gasteiger partial charge on any atom is 0.326 e. The number of aromatic amines is 2. The fraction of sp³-hybridized carbons (Fsp3) is 0.154. The molecular formula is C13H12BrN3O3. The van der Waals surface area contributed by atoms with Crippen LogP contribution < -0.4 is 11.2 Å². The van der Waals surface area contributed by atoms with Crippen molar-refractivity contribution in [1.29, 1.82) is 0 Å². The first-order valence-electron chi connectivity index (χ1n) is 5.79. The maximum absolute atomic E-state index is 12.1. The van der Waals surface area contributed by atoms with Gasteiger partial charge in [-0.3, -0.25) is 14.6 Å². The monoisotopic (exact) mass is 337 g/mol. The molecule has 0 bridgehead atoms. The zero-order valence-electron chi connectivity index (χ0n) is 10.6. The minimum atomic E-state index is -0.697. The average Bonchev–Trinajstić information content (AvgIpc) is 2.36. The van der Waals surface area contributed by atoms with E-state index in [0.717, 1.165) is 16.1 Å². The summed E-state index contributed by atoms with van der Waals surface area (Å²) in [5, 5.41) is 0. The molecule has 1 aromatic carbocycles. The number of nitrogens with one attached hydrogen (secondary N) is 2. The molecule has 1 amide bonds. The lowest BCUT2D eigenvalue weighted by molar-refractivity contribution is 0.0778. The predicted molar refractivity (Wildman–Crippen MR) is 77.6 cm³/mol. The molecule has 2 rings (SSSR count). The molecule has 1 aromatic heterocycles. The van der Waals surface area contributed by atoms with Crippen molar-refractivity contribution in [2.75, 3.05) is 7.05 Å². The molecule has 1 heterocycles. The second kappa shape index (κ2) is 5.87. The van der Waals surface area contributed by atoms with Gasteiger partial charge in [0.05, 0.1) is 0 Å². The Labute approximate surface area is 122 Å². The fourth-order valence-corrected chi connectivity index (χ4v) is 2.22. The van der Waals surface area contributed by atoms with Crippen molar-refractivity contribution in [3.05, 3.63) is 66.9 Å². The van der Waals surface area contributed by atoms with E-state index in [1.807, 2.05) is 29.2 Å². The molecule has 2 aromatic rings. The first-order valence-corrected chi connectivity index (χ1v) is 6.58. The molecule has 20 heavy (non-hydrogen) atoms. The number of carbonyl (C=O) groups is 1. The van der Waals surface area contributed by atoms with E-state index in [-0.39, 0.29) is 5.69 Å². The zero-order chi connectivity index (χ0) is 14.7. The molecule has 0 fully saturated rings. The minimum absolute atomic E-state index is 0.0313. The van der Waals surface area contributed by atoms with Gasteiger partial charge in [-0.05, 0) is 17.7 Å². The second-order valence-electron chi connectivity index (χ2n) is 4.29. The Balaban J connectivity index is 2.20. The zero-order valence-corrected chi connectivity index (χ0v) is 12.2. The van der Waals surface area contributed by atoms with Crippen LogP contribution in [0.2, 0.25) is 0 Å². The Hall–Kier alpha value is -2.15. The van der Waals surface area contributed by atoms with Crippen LogP contribution in [0, 0.1) is 0 Å². The van der Waals surface area contributed by atoms with Crippen LogP contribution in [-0.4, -0.2) is 27.8 Å². The summed E-state index contributed by atoms with van der Waals surface area (Å²) in [6.07, 6.45) is 0. The lowest BCUT2D eigenvalue weighted by Crippen LogP contribution is -2.32. The highest BCUT2D eigenvalue weighted by molar-refractivity contribution is 9.10. The van der Waals surface area contributed by atoms with Gasteiger partial charge in [-0.25, -0.2) is 4.79 Å². The minimum Gasteiger partial charge on any atom is -0.336 e. The maximum atomic E-state index is 12.1. The number of halogens is 1. The number of amides is 1. The van der Waals surface area contributed by atoms with Gasteiger partial charge in [-0.1, -0.05) is 28.1 Å². The SMILES string of the molecule is CN(Cc1cccc(Br)c1)C(=O)c1cc(=O)[nH]c(=O)[nH]1. The first kappa shape index (κ1) is 14.3. The summed E-state index contributed by atoms with van der Waals surface area (Å²) in [5.74, 6) is -0.423. The summed E-state index contributed by atoms with van der Waals surface area (Å²) in [7, 11) is 1.60. The van der Waals surface area contributed by atoms with E-state index in [1.54, 1.807) is 7.05 Å². The van der Waals surface area contributed by atoms with Gasteiger partial charge >= 0.3 is 5.69 Å². The Morgan fingerprint density at radius 1 is 1.25 bits per heavy atom. The van der Waals surface area contributed by atoms with Gasteiger partial charge < -0.3 is 9.88 Å². The lowest BCUT2D eigenvalue weighted by Gasteiger charge is -2.17. The van der Waals surface area contributed by atoms with Crippen molar-refractivity contribution < 1.29 is 4.79 Å². The van der Waals surface area contributed by atoms with E-state index >= 15 is 0 Å². The van der Waals surface area contributed by atoms with Crippen LogP contribution in [-0.2, 0) is 6.54 Å². The molecule has 0 aliphatic rings. The van der Waals surface area contributed by atoms with E-state index in [2.05, 4.69) is 20.9 Å². The Kier molecular flexibility index (Phi) is 4.19. The van der Waals surface area contributed by atoms with Gasteiger partial charge in [0.15, 0.2) is 0 Å². The molecule has 6 nitrogen and oxygen atoms in total. The Morgan fingerprint density at radius 3 is 2.65 bits per heavy atom. The van der Waals surface area contributed by atoms with Crippen molar-refractivity contribution >= 4 is 21.8 Å². The number of benzene rings is 1. The number of hydrogen-bond donors (Lipinski definition) is 2. The fourth-order valence-electron chi connectivity index (χ4n) is 1.77. The number of carbonyl (C=O) groups excluding carboxylic acids is 1. The molecule has 0 saturated heterocycles. The molecule has 0 unspecified atom stereocenters. The van der Waals surface area contributed by atoms with Gasteiger partial charge in [-0.15, -0.1) is 0 Å². The molecule has 0 aliphatic carbocycles. The predicted octanol–water partition coefficient (Wildman–Crippen LogP) is 1.10. The van der Waals surface area contributed by atoms with E-state index in [4.69, 9.17) is 0 Å². The van der Waals surface area contributed by atoms with Gasteiger partial charge in [0.2, 0.25) is 0 Å². The van der Waals surface area contributed by atoms with E-state index in [1.165, 1.54) is 4.90 Å². The van der Waals surface area contributed by atoms with E-state index in [9.17, 15) is 14.4 Å². The average molecular weight is 338 g/mol. The van der Waals surface area contributed by atoms with Crippen LogP contribution >= 0.6 is 15.9 Å². The van der Waals surface area contributed by atoms with Crippen molar-refractivity contribution in [3.8, 4) is 0 Å². The Bertz CT molecular complexity index is 723. The number of hydrogen-bond acceptors (Lipinski definition) is 3. The molecule has 104 valence electrons. The van der Waals surface area contributed by atoms with E-state index in [0.29, 0.717) is 6.54 Å². The molecule has 7 heteroatoms. The molecule has 0 saturated carbocycles. The number of rotatable bonds is 3. The summed E-state index contributed by atoms with van der Waals surface area (Å²) >= 11 is 3.36. The third kappa shape index (κ3) is 3.45. The standard InChI is InChI=1S/C13H12BrN3O3/c1-17(7-8-3-2-4-9(14)5-8)12(19)10-6-11(18)16-13(20)15-10/h2-6H,7H2,1H3,(H2,15,16,18,20). The highest BCUT2D eigenvalue weighted by Crippen LogP contribution is 2.13. The highest BCUT2D eigenvalue weighted by atomic mass is 79.9. The summed E-state index contributed by atoms with van der Waals surface area (Å²) in [4.78, 5) is 40.2. The van der Waals surface area contributed by atoms with Gasteiger partial charge in [-0.2, -0.15) is 0 Å². The highest BCUT2D eigenvalue weighted by Gasteiger charge is 2.14. The third-order valence-corrected chi connectivity index (χ3v) is 3.14. The molecule has 0 atom stereocenters. The molecule has 0 aliphatic heterocycles. The molecule has 2 N–H and O–H groups in total. The second-order valence-corrected chi connectivity index (χ2v) is 5.21. The van der Waals surface area contributed by atoms with Crippen LogP contribution in [0.25, 0.3) is 0 Å². The van der Waals surface area contributed by atoms with Gasteiger partial charge in [0, 0.05) is 24.1 Å². The summed E-state index contributed by atoms with van der Waals surface area (Å²) in [6.45, 7) is 0.368. The van der Waals surface area contributed by atoms with Crippen molar-refractivity contribution in [2.24, 2.45) is 0 Å². The van der Waals surface area contributed by atoms with Gasteiger partial charge in [0.1, 0.15) is 5.69 Å². The quantitative estimate of drug-likeness (QED) is 0.879. The summed E-state index contributed by atoms with van der Waals surface area (Å²) < 4.78 is 0.917. The summed E-state index contributed by atoms with van der Waals surface area (Å²) in [5.41, 5.74) is -0.400. The summed E-state index contributed by atoms with van der Waals surface area (Å²) in [6, 6.07) is 8.60. The van der Waals surface area contributed by atoms with Crippen molar-refractivity contribution in [1.82, 2.24) is 14.9 Å². The molecular weight excluding hydrogens is 326 g/mol. The van der Waals surface area contributed by atoms with Crippen LogP contribution in [0.3, 0.4) is 0 Å². The van der Waals surface area contributed by atoms with Crippen LogP contribution in [0.1, 0.15) is 16.1 Å². The molecule has 0 spiro atoms. The normalized spacial score (nSPS) is 10.3. The first-order chi connectivity index (χ1) is 9.45. The van der Waals surface area contributed by atoms with Crippen LogP contribution in [0.4, 0.5) is 0 Å². The smallest absolute Gasteiger partial charge is 0.326 e. The number of nitrogens with zero attached hydrogens (tertiary/aromatic N) is 1. The van der Waals surface area contributed by atoms with Gasteiger partial charge in [0.25, 0.3) is 11.5 Å². The molecule has 0 radical (unpaired) electrons. The number of aromatic nitrogens is 2. The van der Waals surface area contributed by atoms with Crippen LogP contribution in [0.5, 0.6) is 0 Å². The Morgan fingerprint density at radius 2 is 2.00 bits per heavy atom. The lowest BCUT2D eigenvalue weighted by atomic mass is 10.2. The van der Waals surface area contributed by atoms with Crippen molar-refractivity contribution in [2.45, 2.75) is 6.54 Å². The van der Waals surface area contributed by atoms with E-state index < -0.39 is 17.2 Å². The largest absolute Gasteiger partial charge is 0.336 e.